The fourth-order valence-corrected chi connectivity index (χ4v) is 3.62. The highest BCUT2D eigenvalue weighted by Gasteiger charge is 2.42. The van der Waals surface area contributed by atoms with E-state index in [0.717, 1.165) is 6.42 Å². The van der Waals surface area contributed by atoms with Crippen LogP contribution in [-0.2, 0) is 15.6 Å². The Bertz CT molecular complexity index is 355. The molecule has 0 aromatic carbocycles. The molecule has 1 saturated carbocycles. The molecule has 1 saturated heterocycles. The van der Waals surface area contributed by atoms with Crippen molar-refractivity contribution in [1.29, 1.82) is 0 Å². The van der Waals surface area contributed by atoms with Gasteiger partial charge in [-0.3, -0.25) is 14.3 Å². The van der Waals surface area contributed by atoms with E-state index in [0.29, 0.717) is 12.5 Å². The Morgan fingerprint density at radius 1 is 1.42 bits per heavy atom. The van der Waals surface area contributed by atoms with Gasteiger partial charge in [-0.25, -0.2) is 0 Å². The number of rotatable bonds is 5. The molecule has 0 spiro atoms. The lowest BCUT2D eigenvalue weighted by atomic mass is 10.0. The van der Waals surface area contributed by atoms with Crippen LogP contribution in [0.15, 0.2) is 0 Å². The maximum Gasteiger partial charge on any atom is 0.241 e. The molecule has 1 amide bonds. The van der Waals surface area contributed by atoms with Gasteiger partial charge in [0.05, 0.1) is 12.2 Å². The maximum atomic E-state index is 12.4. The second-order valence-corrected chi connectivity index (χ2v) is 7.72. The van der Waals surface area contributed by atoms with Crippen LogP contribution in [0.3, 0.4) is 0 Å². The van der Waals surface area contributed by atoms with E-state index in [2.05, 4.69) is 5.32 Å². The highest BCUT2D eigenvalue weighted by molar-refractivity contribution is 7.84. The maximum absolute atomic E-state index is 12.4. The first kappa shape index (κ1) is 15.0. The van der Waals surface area contributed by atoms with Gasteiger partial charge in [-0.05, 0) is 32.1 Å². The van der Waals surface area contributed by atoms with Crippen LogP contribution in [0, 0.1) is 5.92 Å². The van der Waals surface area contributed by atoms with E-state index in [4.69, 9.17) is 0 Å². The largest absolute Gasteiger partial charge is 0.324 e. The van der Waals surface area contributed by atoms with E-state index < -0.39 is 10.8 Å². The summed E-state index contributed by atoms with van der Waals surface area (Å²) >= 11 is 0. The molecule has 0 aromatic heterocycles. The molecule has 1 aliphatic heterocycles. The molecule has 4 nitrogen and oxygen atoms in total. The van der Waals surface area contributed by atoms with Crippen LogP contribution in [0.1, 0.15) is 46.0 Å². The minimum absolute atomic E-state index is 0.0388. The van der Waals surface area contributed by atoms with Gasteiger partial charge in [-0.1, -0.05) is 19.8 Å². The van der Waals surface area contributed by atoms with Gasteiger partial charge in [0.15, 0.2) is 0 Å². The summed E-state index contributed by atoms with van der Waals surface area (Å²) in [4.78, 5) is 14.4. The molecular formula is C14H26N2O2S. The number of nitrogens with zero attached hydrogens (tertiary/aromatic N) is 1. The summed E-state index contributed by atoms with van der Waals surface area (Å²) in [6, 6.07) is -0.0388. The van der Waals surface area contributed by atoms with Crippen molar-refractivity contribution in [3.8, 4) is 0 Å². The normalized spacial score (nSPS) is 31.9. The number of carbonyl (C=O) groups is 1. The number of hydrogen-bond acceptors (Lipinski definition) is 3. The first-order valence-corrected chi connectivity index (χ1v) is 9.05. The Hall–Kier alpha value is -0.420. The zero-order valence-electron chi connectivity index (χ0n) is 12.2. The van der Waals surface area contributed by atoms with Crippen molar-refractivity contribution in [2.75, 3.05) is 12.8 Å². The van der Waals surface area contributed by atoms with E-state index in [1.54, 1.807) is 6.26 Å². The molecule has 1 N–H and O–H groups in total. The van der Waals surface area contributed by atoms with Gasteiger partial charge in [0.1, 0.15) is 0 Å². The third kappa shape index (κ3) is 3.19. The van der Waals surface area contributed by atoms with E-state index in [1.165, 1.54) is 25.7 Å². The van der Waals surface area contributed by atoms with Crippen molar-refractivity contribution in [2.24, 2.45) is 5.92 Å². The van der Waals surface area contributed by atoms with E-state index >= 15 is 0 Å². The highest BCUT2D eigenvalue weighted by atomic mass is 32.2. The zero-order valence-corrected chi connectivity index (χ0v) is 13.0. The first-order chi connectivity index (χ1) is 9.04. The first-order valence-electron chi connectivity index (χ1n) is 7.43. The molecule has 0 aromatic rings. The summed E-state index contributed by atoms with van der Waals surface area (Å²) in [6.07, 6.45) is 7.70. The molecule has 2 fully saturated rings. The smallest absolute Gasteiger partial charge is 0.241 e. The number of nitrogens with one attached hydrogen (secondary N) is 1. The molecule has 1 heterocycles. The van der Waals surface area contributed by atoms with Gasteiger partial charge in [0.25, 0.3) is 0 Å². The number of carbonyl (C=O) groups excluding carboxylic acids is 1. The molecule has 2 aliphatic rings. The SMILES string of the molecule is CCC1NC(C2CCCC2)N(CC(C)S(C)=O)C1=O. The Labute approximate surface area is 118 Å². The van der Waals surface area contributed by atoms with E-state index in [1.807, 2.05) is 18.7 Å². The minimum atomic E-state index is -0.873. The second-order valence-electron chi connectivity index (χ2n) is 5.92. The Morgan fingerprint density at radius 2 is 2.05 bits per heavy atom. The van der Waals surface area contributed by atoms with Crippen molar-refractivity contribution in [2.45, 2.75) is 63.4 Å². The monoisotopic (exact) mass is 286 g/mol. The summed E-state index contributed by atoms with van der Waals surface area (Å²) in [5, 5.41) is 3.55. The predicted molar refractivity (Wildman–Crippen MR) is 78.2 cm³/mol. The third-order valence-corrected chi connectivity index (χ3v) is 5.85. The number of amides is 1. The molecule has 4 atom stereocenters. The quantitative estimate of drug-likeness (QED) is 0.833. The van der Waals surface area contributed by atoms with Gasteiger partial charge in [0.2, 0.25) is 5.91 Å². The summed E-state index contributed by atoms with van der Waals surface area (Å²) < 4.78 is 11.6. The van der Waals surface area contributed by atoms with Gasteiger partial charge in [-0.2, -0.15) is 0 Å². The Kier molecular flexibility index (Phi) is 5.01. The molecule has 0 radical (unpaired) electrons. The van der Waals surface area contributed by atoms with Crippen LogP contribution in [0.2, 0.25) is 0 Å². The third-order valence-electron chi connectivity index (χ3n) is 4.56. The van der Waals surface area contributed by atoms with Gasteiger partial charge in [0, 0.05) is 28.9 Å². The molecule has 5 heteroatoms. The van der Waals surface area contributed by atoms with Crippen LogP contribution >= 0.6 is 0 Å². The minimum Gasteiger partial charge on any atom is -0.324 e. The van der Waals surface area contributed by atoms with Crippen LogP contribution in [-0.4, -0.2) is 45.3 Å². The predicted octanol–water partition coefficient (Wildman–Crippen LogP) is 1.48. The second kappa shape index (κ2) is 6.35. The molecule has 4 unspecified atom stereocenters. The highest BCUT2D eigenvalue weighted by Crippen LogP contribution is 2.32. The fraction of sp³-hybridized carbons (Fsp3) is 0.929. The summed E-state index contributed by atoms with van der Waals surface area (Å²) in [6.45, 7) is 4.63. The van der Waals surface area contributed by atoms with Crippen LogP contribution in [0.25, 0.3) is 0 Å². The average molecular weight is 286 g/mol. The summed E-state index contributed by atoms with van der Waals surface area (Å²) in [7, 11) is -0.873. The molecule has 2 rings (SSSR count). The van der Waals surface area contributed by atoms with Crippen LogP contribution < -0.4 is 5.32 Å². The molecular weight excluding hydrogens is 260 g/mol. The van der Waals surface area contributed by atoms with E-state index in [9.17, 15) is 9.00 Å². The lowest BCUT2D eigenvalue weighted by Gasteiger charge is -2.30. The molecule has 19 heavy (non-hydrogen) atoms. The van der Waals surface area contributed by atoms with E-state index in [-0.39, 0.29) is 23.4 Å². The number of hydrogen-bond donors (Lipinski definition) is 1. The lowest BCUT2D eigenvalue weighted by molar-refractivity contribution is -0.130. The zero-order chi connectivity index (χ0) is 14.0. The Balaban J connectivity index is 2.09. The lowest BCUT2D eigenvalue weighted by Crippen LogP contribution is -2.45. The molecule has 0 bridgehead atoms. The van der Waals surface area contributed by atoms with Crippen LogP contribution in [0.5, 0.6) is 0 Å². The van der Waals surface area contributed by atoms with Crippen molar-refractivity contribution in [1.82, 2.24) is 10.2 Å². The standard InChI is InChI=1S/C14H26N2O2S/c1-4-12-14(17)16(9-10(2)19(3)18)13(15-12)11-7-5-6-8-11/h10-13,15H,4-9H2,1-3H3. The molecule has 1 aliphatic carbocycles. The topological polar surface area (TPSA) is 49.4 Å². The van der Waals surface area contributed by atoms with Gasteiger partial charge >= 0.3 is 0 Å². The van der Waals surface area contributed by atoms with Crippen LogP contribution in [0.4, 0.5) is 0 Å². The van der Waals surface area contributed by atoms with Gasteiger partial charge in [-0.15, -0.1) is 0 Å². The Morgan fingerprint density at radius 3 is 2.58 bits per heavy atom. The summed E-state index contributed by atoms with van der Waals surface area (Å²) in [5.74, 6) is 0.787. The van der Waals surface area contributed by atoms with Crippen molar-refractivity contribution < 1.29 is 9.00 Å². The van der Waals surface area contributed by atoms with Crippen molar-refractivity contribution in [3.63, 3.8) is 0 Å². The van der Waals surface area contributed by atoms with Crippen molar-refractivity contribution >= 4 is 16.7 Å². The van der Waals surface area contributed by atoms with Crippen molar-refractivity contribution in [3.05, 3.63) is 0 Å². The van der Waals surface area contributed by atoms with Gasteiger partial charge < -0.3 is 4.90 Å². The fourth-order valence-electron chi connectivity index (χ4n) is 3.25. The summed E-state index contributed by atoms with van der Waals surface area (Å²) in [5.41, 5.74) is 0. The molecule has 110 valence electrons. The average Bonchev–Trinajstić information content (AvgIpc) is 2.99.